The SMILES string of the molecule is NS(=O)(=O)c1cc(Br)ccc1N(c1cccc(-c2ccc(Cl)c(Cl)c2)c1)S(=O)[O-]. The van der Waals surface area contributed by atoms with Gasteiger partial charge in [0.15, 0.2) is 0 Å². The summed E-state index contributed by atoms with van der Waals surface area (Å²) in [5, 5.41) is 6.03. The average Bonchev–Trinajstić information content (AvgIpc) is 2.64. The molecule has 1 unspecified atom stereocenters. The molecule has 0 aromatic heterocycles. The topological polar surface area (TPSA) is 104 Å². The molecule has 2 N–H and O–H groups in total. The Labute approximate surface area is 188 Å². The summed E-state index contributed by atoms with van der Waals surface area (Å²) in [4.78, 5) is -0.337. The second kappa shape index (κ2) is 8.73. The summed E-state index contributed by atoms with van der Waals surface area (Å²) in [5.74, 6) is 0. The van der Waals surface area contributed by atoms with E-state index in [4.69, 9.17) is 28.3 Å². The molecule has 29 heavy (non-hydrogen) atoms. The van der Waals surface area contributed by atoms with E-state index in [9.17, 15) is 17.2 Å². The van der Waals surface area contributed by atoms with Crippen LogP contribution in [0.1, 0.15) is 0 Å². The number of primary sulfonamides is 1. The molecule has 0 saturated carbocycles. The highest BCUT2D eigenvalue weighted by Gasteiger charge is 2.22. The fourth-order valence-corrected chi connectivity index (χ4v) is 4.89. The molecule has 0 fully saturated rings. The summed E-state index contributed by atoms with van der Waals surface area (Å²) in [6, 6.07) is 15.7. The van der Waals surface area contributed by atoms with E-state index < -0.39 is 21.3 Å². The Morgan fingerprint density at radius 2 is 1.66 bits per heavy atom. The van der Waals surface area contributed by atoms with Gasteiger partial charge >= 0.3 is 0 Å². The van der Waals surface area contributed by atoms with Crippen LogP contribution < -0.4 is 9.44 Å². The maximum absolute atomic E-state index is 12.1. The Balaban J connectivity index is 2.18. The van der Waals surface area contributed by atoms with Crippen LogP contribution in [0.5, 0.6) is 0 Å². The molecule has 0 amide bonds. The first-order valence-electron chi connectivity index (χ1n) is 7.85. The summed E-state index contributed by atoms with van der Waals surface area (Å²) >= 11 is 12.4. The summed E-state index contributed by atoms with van der Waals surface area (Å²) in [6.45, 7) is 0. The van der Waals surface area contributed by atoms with Crippen molar-refractivity contribution in [3.63, 3.8) is 0 Å². The molecule has 3 rings (SSSR count). The maximum atomic E-state index is 12.1. The van der Waals surface area contributed by atoms with Gasteiger partial charge in [0.1, 0.15) is 4.90 Å². The first-order chi connectivity index (χ1) is 13.6. The Morgan fingerprint density at radius 1 is 0.966 bits per heavy atom. The third-order valence-corrected chi connectivity index (χ3v) is 6.81. The monoisotopic (exact) mass is 533 g/mol. The van der Waals surface area contributed by atoms with Gasteiger partial charge in [-0.25, -0.2) is 13.6 Å². The minimum Gasteiger partial charge on any atom is -0.755 e. The minimum absolute atomic E-state index is 0.102. The smallest absolute Gasteiger partial charge is 0.240 e. The van der Waals surface area contributed by atoms with Gasteiger partial charge in [-0.15, -0.1) is 0 Å². The van der Waals surface area contributed by atoms with E-state index in [0.29, 0.717) is 25.6 Å². The summed E-state index contributed by atoms with van der Waals surface area (Å²) in [7, 11) is -4.19. The van der Waals surface area contributed by atoms with Crippen molar-refractivity contribution in [2.24, 2.45) is 5.14 Å². The predicted molar refractivity (Wildman–Crippen MR) is 118 cm³/mol. The van der Waals surface area contributed by atoms with E-state index in [1.54, 1.807) is 36.4 Å². The van der Waals surface area contributed by atoms with Crippen LogP contribution in [0.25, 0.3) is 11.1 Å². The highest BCUT2D eigenvalue weighted by Crippen LogP contribution is 2.36. The second-order valence-corrected chi connectivity index (χ2v) is 9.91. The molecular weight excluding hydrogens is 523 g/mol. The first-order valence-corrected chi connectivity index (χ1v) is 12.0. The van der Waals surface area contributed by atoms with Gasteiger partial charge in [-0.2, -0.15) is 0 Å². The molecule has 3 aromatic rings. The van der Waals surface area contributed by atoms with Crippen molar-refractivity contribution in [2.75, 3.05) is 4.31 Å². The van der Waals surface area contributed by atoms with Crippen LogP contribution in [0.3, 0.4) is 0 Å². The van der Waals surface area contributed by atoms with E-state index in [-0.39, 0.29) is 16.3 Å². The van der Waals surface area contributed by atoms with Crippen LogP contribution in [0.15, 0.2) is 70.0 Å². The van der Waals surface area contributed by atoms with Crippen LogP contribution in [-0.4, -0.2) is 17.2 Å². The van der Waals surface area contributed by atoms with E-state index in [1.165, 1.54) is 24.3 Å². The van der Waals surface area contributed by atoms with Gasteiger partial charge in [-0.05, 0) is 53.6 Å². The van der Waals surface area contributed by atoms with Crippen molar-refractivity contribution in [3.05, 3.63) is 75.2 Å². The number of rotatable bonds is 5. The van der Waals surface area contributed by atoms with Crippen LogP contribution in [0.2, 0.25) is 10.0 Å². The number of anilines is 2. The number of benzene rings is 3. The standard InChI is InChI=1S/C18H13BrCl2N2O4S2/c19-13-5-7-17(18(10-13)29(22,26)27)23(28(24)25)14-3-1-2-11(8-14)12-4-6-15(20)16(21)9-12/h1-10H,(H,24,25)(H2,22,26,27)/p-1. The molecular formula is C18H12BrCl2N2O4S2-. The van der Waals surface area contributed by atoms with Crippen molar-refractivity contribution >= 4 is 71.8 Å². The molecule has 0 heterocycles. The average molecular weight is 535 g/mol. The van der Waals surface area contributed by atoms with E-state index in [2.05, 4.69) is 15.9 Å². The van der Waals surface area contributed by atoms with Gasteiger partial charge in [0.05, 0.1) is 32.7 Å². The van der Waals surface area contributed by atoms with E-state index in [1.807, 2.05) is 0 Å². The first kappa shape index (κ1) is 22.2. The Bertz CT molecular complexity index is 1220. The molecule has 152 valence electrons. The maximum Gasteiger partial charge on any atom is 0.240 e. The van der Waals surface area contributed by atoms with Gasteiger partial charge in [-0.3, -0.25) is 8.51 Å². The molecule has 1 atom stereocenters. The molecule has 6 nitrogen and oxygen atoms in total. The largest absolute Gasteiger partial charge is 0.755 e. The summed E-state index contributed by atoms with van der Waals surface area (Å²) < 4.78 is 49.4. The van der Waals surface area contributed by atoms with Gasteiger partial charge in [0, 0.05) is 4.47 Å². The minimum atomic E-state index is -4.19. The molecule has 0 spiro atoms. The van der Waals surface area contributed by atoms with Gasteiger partial charge < -0.3 is 4.55 Å². The lowest BCUT2D eigenvalue weighted by molar-refractivity contribution is 0.537. The molecule has 0 saturated heterocycles. The van der Waals surface area contributed by atoms with Crippen LogP contribution in [-0.2, 0) is 21.3 Å². The number of nitrogens with two attached hydrogens (primary N) is 1. The molecule has 0 radical (unpaired) electrons. The lowest BCUT2D eigenvalue weighted by Gasteiger charge is -2.28. The number of hydrogen-bond acceptors (Lipinski definition) is 4. The molecule has 0 aliphatic rings. The number of halogens is 3. The second-order valence-electron chi connectivity index (χ2n) is 5.85. The van der Waals surface area contributed by atoms with E-state index >= 15 is 0 Å². The molecule has 3 aromatic carbocycles. The highest BCUT2D eigenvalue weighted by atomic mass is 79.9. The predicted octanol–water partition coefficient (Wildman–Crippen LogP) is 5.00. The lowest BCUT2D eigenvalue weighted by Crippen LogP contribution is -2.23. The molecule has 0 aliphatic heterocycles. The van der Waals surface area contributed by atoms with Crippen molar-refractivity contribution in [2.45, 2.75) is 4.90 Å². The summed E-state index contributed by atoms with van der Waals surface area (Å²) in [6.07, 6.45) is 0. The third kappa shape index (κ3) is 5.00. The van der Waals surface area contributed by atoms with Crippen molar-refractivity contribution in [3.8, 4) is 11.1 Å². The molecule has 11 heteroatoms. The zero-order valence-corrected chi connectivity index (χ0v) is 19.1. The fraction of sp³-hybridized carbons (Fsp3) is 0. The number of nitrogens with zero attached hydrogens (tertiary/aromatic N) is 1. The van der Waals surface area contributed by atoms with Gasteiger partial charge in [-0.1, -0.05) is 57.3 Å². The van der Waals surface area contributed by atoms with Gasteiger partial charge in [0.2, 0.25) is 10.0 Å². The molecule has 0 aliphatic carbocycles. The van der Waals surface area contributed by atoms with Gasteiger partial charge in [0.25, 0.3) is 0 Å². The number of hydrogen-bond donors (Lipinski definition) is 1. The van der Waals surface area contributed by atoms with Crippen LogP contribution in [0.4, 0.5) is 11.4 Å². The quantitative estimate of drug-likeness (QED) is 0.465. The van der Waals surface area contributed by atoms with Crippen molar-refractivity contribution in [1.82, 2.24) is 0 Å². The lowest BCUT2D eigenvalue weighted by atomic mass is 10.1. The number of sulfonamides is 1. The normalized spacial score (nSPS) is 12.6. The highest BCUT2D eigenvalue weighted by molar-refractivity contribution is 9.10. The van der Waals surface area contributed by atoms with E-state index in [0.717, 1.165) is 4.31 Å². The molecule has 0 bridgehead atoms. The summed E-state index contributed by atoms with van der Waals surface area (Å²) in [5.41, 5.74) is 1.48. The van der Waals surface area contributed by atoms with Crippen molar-refractivity contribution < 1.29 is 17.2 Å². The third-order valence-electron chi connectivity index (χ3n) is 3.93. The zero-order valence-electron chi connectivity index (χ0n) is 14.4. The Hall–Kier alpha value is -1.46. The van der Waals surface area contributed by atoms with Crippen LogP contribution >= 0.6 is 39.1 Å². The van der Waals surface area contributed by atoms with Crippen LogP contribution in [0, 0.1) is 0 Å². The zero-order chi connectivity index (χ0) is 21.3. The Kier molecular flexibility index (Phi) is 6.69. The fourth-order valence-electron chi connectivity index (χ4n) is 2.68. The Morgan fingerprint density at radius 3 is 2.28 bits per heavy atom. The van der Waals surface area contributed by atoms with Crippen molar-refractivity contribution in [1.29, 1.82) is 0 Å².